The second kappa shape index (κ2) is 10.1. The third-order valence-corrected chi connectivity index (χ3v) is 13.5. The van der Waals surface area contributed by atoms with Gasteiger partial charge in [-0.1, -0.05) is 6.04 Å². The smallest absolute Gasteiger partial charge is 0.186 e. The third-order valence-electron chi connectivity index (χ3n) is 3.99. The highest BCUT2D eigenvalue weighted by atomic mass is 32.1. The zero-order chi connectivity index (χ0) is 16.8. The maximum atomic E-state index is 9.85. The molecule has 0 saturated carbocycles. The standard InChI is InChI=1S/C12H26O6S3Si/c13-4-8-9(14)10(15)11(16)12(18-8)17-2-1-3-22(5-19,6-20)7-21/h8-16,19-21H,1-7H2/t8-,9-,10+,11-,12-/m1/s1. The van der Waals surface area contributed by atoms with E-state index in [1.165, 1.54) is 0 Å². The van der Waals surface area contributed by atoms with E-state index >= 15 is 0 Å². The Labute approximate surface area is 148 Å². The number of hydrogen-bond donors (Lipinski definition) is 7. The van der Waals surface area contributed by atoms with E-state index in [0.717, 1.165) is 28.6 Å². The minimum absolute atomic E-state index is 0.340. The number of aliphatic hydroxyl groups is 4. The molecule has 0 bridgehead atoms. The first-order chi connectivity index (χ1) is 10.4. The zero-order valence-electron chi connectivity index (χ0n) is 12.3. The monoisotopic (exact) mass is 390 g/mol. The highest BCUT2D eigenvalue weighted by Gasteiger charge is 2.44. The van der Waals surface area contributed by atoms with Crippen molar-refractivity contribution in [1.82, 2.24) is 0 Å². The van der Waals surface area contributed by atoms with E-state index in [9.17, 15) is 15.3 Å². The molecule has 0 aromatic carbocycles. The maximum Gasteiger partial charge on any atom is 0.186 e. The molecule has 0 aromatic rings. The summed E-state index contributed by atoms with van der Waals surface area (Å²) in [5.74, 6) is 0. The van der Waals surface area contributed by atoms with Gasteiger partial charge in [-0.25, -0.2) is 0 Å². The molecular formula is C12H26O6S3Si. The summed E-state index contributed by atoms with van der Waals surface area (Å²) in [4.78, 5) is 0. The van der Waals surface area contributed by atoms with E-state index < -0.39 is 45.4 Å². The molecule has 0 spiro atoms. The Morgan fingerprint density at radius 1 is 0.955 bits per heavy atom. The number of thiol groups is 3. The molecule has 1 fully saturated rings. The molecular weight excluding hydrogens is 364 g/mol. The van der Waals surface area contributed by atoms with Gasteiger partial charge in [0.1, 0.15) is 24.4 Å². The molecule has 1 rings (SSSR count). The van der Waals surface area contributed by atoms with Crippen LogP contribution in [0.3, 0.4) is 0 Å². The fourth-order valence-electron chi connectivity index (χ4n) is 2.24. The van der Waals surface area contributed by atoms with Crippen LogP contribution in [0.15, 0.2) is 0 Å². The van der Waals surface area contributed by atoms with E-state index in [1.807, 2.05) is 0 Å². The number of hydrogen-bond acceptors (Lipinski definition) is 9. The lowest BCUT2D eigenvalue weighted by Gasteiger charge is -2.39. The van der Waals surface area contributed by atoms with Crippen LogP contribution >= 0.6 is 37.9 Å². The fourth-order valence-corrected chi connectivity index (χ4v) is 8.93. The summed E-state index contributed by atoms with van der Waals surface area (Å²) in [7, 11) is -1.59. The number of aliphatic hydroxyl groups excluding tert-OH is 4. The van der Waals surface area contributed by atoms with Gasteiger partial charge in [-0.2, -0.15) is 37.9 Å². The minimum Gasteiger partial charge on any atom is -0.394 e. The van der Waals surface area contributed by atoms with Crippen LogP contribution in [0.5, 0.6) is 0 Å². The molecule has 0 unspecified atom stereocenters. The van der Waals surface area contributed by atoms with Gasteiger partial charge >= 0.3 is 0 Å². The van der Waals surface area contributed by atoms with Crippen LogP contribution in [0.4, 0.5) is 0 Å². The topological polar surface area (TPSA) is 99.4 Å². The van der Waals surface area contributed by atoms with E-state index in [-0.39, 0.29) is 0 Å². The minimum atomic E-state index is -1.59. The molecule has 4 N–H and O–H groups in total. The second-order valence-electron chi connectivity index (χ2n) is 5.65. The lowest BCUT2D eigenvalue weighted by atomic mass is 9.99. The summed E-state index contributed by atoms with van der Waals surface area (Å²) < 4.78 is 10.7. The highest BCUT2D eigenvalue weighted by Crippen LogP contribution is 2.23. The van der Waals surface area contributed by atoms with Gasteiger partial charge in [0, 0.05) is 6.61 Å². The van der Waals surface area contributed by atoms with Crippen molar-refractivity contribution in [3.63, 3.8) is 0 Å². The van der Waals surface area contributed by atoms with Gasteiger partial charge in [-0.15, -0.1) is 0 Å². The second-order valence-corrected chi connectivity index (χ2v) is 12.9. The van der Waals surface area contributed by atoms with Gasteiger partial charge in [0.05, 0.1) is 14.7 Å². The highest BCUT2D eigenvalue weighted by molar-refractivity contribution is 7.88. The van der Waals surface area contributed by atoms with Gasteiger partial charge in [0.15, 0.2) is 6.29 Å². The molecule has 132 valence electrons. The molecule has 1 aliphatic heterocycles. The van der Waals surface area contributed by atoms with E-state index in [2.05, 4.69) is 37.9 Å². The first kappa shape index (κ1) is 21.1. The van der Waals surface area contributed by atoms with E-state index in [1.54, 1.807) is 0 Å². The molecule has 5 atom stereocenters. The van der Waals surface area contributed by atoms with Gasteiger partial charge < -0.3 is 29.9 Å². The van der Waals surface area contributed by atoms with Crippen LogP contribution in [-0.2, 0) is 9.47 Å². The SMILES string of the molecule is OC[C@H]1O[C@@H](OCCC[Si](CS)(CS)CS)[C@H](O)[C@@H](O)[C@@H]1O. The van der Waals surface area contributed by atoms with Crippen molar-refractivity contribution in [1.29, 1.82) is 0 Å². The van der Waals surface area contributed by atoms with Crippen molar-refractivity contribution in [2.24, 2.45) is 0 Å². The first-order valence-electron chi connectivity index (χ1n) is 7.19. The Morgan fingerprint density at radius 2 is 1.55 bits per heavy atom. The van der Waals surface area contributed by atoms with Crippen molar-refractivity contribution < 1.29 is 29.9 Å². The van der Waals surface area contributed by atoms with Gasteiger partial charge in [0.2, 0.25) is 0 Å². The average molecular weight is 391 g/mol. The van der Waals surface area contributed by atoms with E-state index in [4.69, 9.17) is 14.6 Å². The third kappa shape index (κ3) is 5.26. The summed E-state index contributed by atoms with van der Waals surface area (Å²) in [5, 5.41) is 40.7. The van der Waals surface area contributed by atoms with Crippen LogP contribution in [0.2, 0.25) is 6.04 Å². The van der Waals surface area contributed by atoms with E-state index in [0.29, 0.717) is 6.61 Å². The average Bonchev–Trinajstić information content (AvgIpc) is 2.55. The molecule has 0 aliphatic carbocycles. The summed E-state index contributed by atoms with van der Waals surface area (Å²) in [5.41, 5.74) is 0. The summed E-state index contributed by atoms with van der Waals surface area (Å²) >= 11 is 13.2. The molecule has 1 aliphatic rings. The normalized spacial score (nSPS) is 33.1. The Hall–Kier alpha value is 1.03. The zero-order valence-corrected chi connectivity index (χ0v) is 16.0. The first-order valence-corrected chi connectivity index (χ1v) is 11.9. The van der Waals surface area contributed by atoms with Crippen molar-refractivity contribution in [3.8, 4) is 0 Å². The van der Waals surface area contributed by atoms with Gasteiger partial charge in [0.25, 0.3) is 0 Å². The Bertz CT molecular complexity index is 313. The number of ether oxygens (including phenoxy) is 2. The van der Waals surface area contributed by atoms with Crippen molar-refractivity contribution >= 4 is 46.0 Å². The summed E-state index contributed by atoms with van der Waals surface area (Å²) in [6.07, 6.45) is -5.37. The van der Waals surface area contributed by atoms with Crippen molar-refractivity contribution in [2.75, 3.05) is 29.3 Å². The largest absolute Gasteiger partial charge is 0.394 e. The molecule has 0 radical (unpaired) electrons. The molecule has 6 nitrogen and oxygen atoms in total. The molecule has 0 aromatic heterocycles. The molecule has 0 amide bonds. The summed E-state index contributed by atoms with van der Waals surface area (Å²) in [6, 6.07) is 0.945. The van der Waals surface area contributed by atoms with Crippen LogP contribution in [0, 0.1) is 0 Å². The lowest BCUT2D eigenvalue weighted by molar-refractivity contribution is -0.300. The lowest BCUT2D eigenvalue weighted by Crippen LogP contribution is -2.59. The van der Waals surface area contributed by atoms with Crippen LogP contribution in [0.1, 0.15) is 6.42 Å². The van der Waals surface area contributed by atoms with Gasteiger partial charge in [-0.05, 0) is 22.5 Å². The quantitative estimate of drug-likeness (QED) is 0.156. The van der Waals surface area contributed by atoms with Crippen molar-refractivity contribution in [3.05, 3.63) is 0 Å². The Morgan fingerprint density at radius 3 is 2.05 bits per heavy atom. The van der Waals surface area contributed by atoms with Crippen LogP contribution in [-0.4, -0.2) is 88.5 Å². The molecule has 1 heterocycles. The van der Waals surface area contributed by atoms with Crippen LogP contribution < -0.4 is 0 Å². The molecule has 10 heteroatoms. The molecule has 1 saturated heterocycles. The molecule has 22 heavy (non-hydrogen) atoms. The Balaban J connectivity index is 2.43. The van der Waals surface area contributed by atoms with Crippen LogP contribution in [0.25, 0.3) is 0 Å². The number of rotatable bonds is 9. The predicted molar refractivity (Wildman–Crippen MR) is 96.5 cm³/mol. The fraction of sp³-hybridized carbons (Fsp3) is 1.00. The Kier molecular flexibility index (Phi) is 9.69. The van der Waals surface area contributed by atoms with Gasteiger partial charge in [-0.3, -0.25) is 0 Å². The maximum absolute atomic E-state index is 9.85. The summed E-state index contributed by atoms with van der Waals surface area (Å²) in [6.45, 7) is -0.118. The van der Waals surface area contributed by atoms with Crippen molar-refractivity contribution in [2.45, 2.75) is 43.2 Å². The predicted octanol–water partition coefficient (Wildman–Crippen LogP) is -0.951.